The zero-order chi connectivity index (χ0) is 33.2. The predicted molar refractivity (Wildman–Crippen MR) is 205 cm³/mol. The number of benzene rings is 7. The van der Waals surface area contributed by atoms with E-state index in [1.807, 2.05) is 78.9 Å². The van der Waals surface area contributed by atoms with E-state index in [1.54, 1.807) is 0 Å². The number of hydrogen-bond donors (Lipinski definition) is 0. The molecular weight excluding hydrogens is 631 g/mol. The number of imidazole rings is 2. The van der Waals surface area contributed by atoms with E-state index in [4.69, 9.17) is 9.97 Å². The van der Waals surface area contributed by atoms with Gasteiger partial charge in [0, 0.05) is 32.7 Å². The second-order valence-corrected chi connectivity index (χ2v) is 15.3. The van der Waals surface area contributed by atoms with E-state index in [1.165, 1.54) is 0 Å². The summed E-state index contributed by atoms with van der Waals surface area (Å²) in [5.74, 6) is 1.73. The summed E-state index contributed by atoms with van der Waals surface area (Å²) in [6.07, 6.45) is 0. The molecule has 0 amide bonds. The first-order valence-electron chi connectivity index (χ1n) is 16.7. The quantitative estimate of drug-likeness (QED) is 0.173. The fourth-order valence-corrected chi connectivity index (χ4v) is 10.5. The topological polar surface area (TPSA) is 52.7 Å². The predicted octanol–water partition coefficient (Wildman–Crippen LogP) is 9.32. The lowest BCUT2D eigenvalue weighted by Crippen LogP contribution is -2.33. The molecule has 5 nitrogen and oxygen atoms in total. The maximum atomic E-state index is 15.8. The Morgan fingerprint density at radius 2 is 1.02 bits per heavy atom. The van der Waals surface area contributed by atoms with E-state index in [9.17, 15) is 0 Å². The number of rotatable bonds is 5. The minimum atomic E-state index is -3.28. The minimum absolute atomic E-state index is 0.811. The van der Waals surface area contributed by atoms with Crippen LogP contribution >= 0.6 is 7.14 Å². The Balaban J connectivity index is 1.15. The molecule has 7 aromatic carbocycles. The van der Waals surface area contributed by atoms with Crippen LogP contribution in [-0.4, -0.2) is 19.1 Å². The van der Waals surface area contributed by atoms with Crippen molar-refractivity contribution < 1.29 is 4.57 Å². The minimum Gasteiger partial charge on any atom is -0.308 e. The third-order valence-electron chi connectivity index (χ3n) is 9.75. The van der Waals surface area contributed by atoms with Gasteiger partial charge in [-0.3, -0.25) is 9.13 Å². The molecule has 0 bridgehead atoms. The van der Waals surface area contributed by atoms with Crippen molar-refractivity contribution in [1.29, 1.82) is 0 Å². The van der Waals surface area contributed by atoms with Gasteiger partial charge in [-0.15, -0.1) is 0 Å². The molecule has 10 rings (SSSR count). The number of fused-ring (bicyclic) bond motifs is 3. The van der Waals surface area contributed by atoms with Gasteiger partial charge in [-0.1, -0.05) is 127 Å². The van der Waals surface area contributed by atoms with Crippen LogP contribution in [0.2, 0.25) is 0 Å². The Bertz CT molecular complexity index is 2770. The van der Waals surface area contributed by atoms with Gasteiger partial charge in [-0.2, -0.15) is 0 Å². The third-order valence-corrected chi connectivity index (χ3v) is 12.9. The summed E-state index contributed by atoms with van der Waals surface area (Å²) in [7, 11) is -3.28. The van der Waals surface area contributed by atoms with Crippen LogP contribution in [0, 0.1) is 0 Å². The van der Waals surface area contributed by atoms with Crippen molar-refractivity contribution in [3.8, 4) is 45.3 Å². The van der Waals surface area contributed by atoms with Gasteiger partial charge in [0.15, 0.2) is 7.14 Å². The van der Waals surface area contributed by atoms with E-state index < -0.39 is 7.14 Å². The van der Waals surface area contributed by atoms with Crippen molar-refractivity contribution in [2.45, 2.75) is 0 Å². The highest BCUT2D eigenvalue weighted by Crippen LogP contribution is 2.50. The van der Waals surface area contributed by atoms with Gasteiger partial charge in [0.05, 0.1) is 27.8 Å². The number of aromatic nitrogens is 4. The molecule has 50 heavy (non-hydrogen) atoms. The van der Waals surface area contributed by atoms with Crippen molar-refractivity contribution in [2.75, 3.05) is 0 Å². The van der Waals surface area contributed by atoms with Gasteiger partial charge in [0.1, 0.15) is 11.6 Å². The first kappa shape index (κ1) is 28.7. The first-order valence-corrected chi connectivity index (χ1v) is 18.4. The number of nitrogens with zero attached hydrogens (tertiary/aromatic N) is 4. The highest BCUT2D eigenvalue weighted by atomic mass is 31.2. The van der Waals surface area contributed by atoms with E-state index in [0.717, 1.165) is 83.3 Å². The van der Waals surface area contributed by atoms with Crippen LogP contribution in [-0.2, 0) is 4.57 Å². The number of para-hydroxylation sites is 4. The monoisotopic (exact) mass is 660 g/mol. The van der Waals surface area contributed by atoms with Crippen molar-refractivity contribution in [3.63, 3.8) is 0 Å². The van der Waals surface area contributed by atoms with E-state index >= 15 is 4.57 Å². The first-order chi connectivity index (χ1) is 24.7. The SMILES string of the molecule is O=P1(c2ccccc2)c2cc(-c3ccc(-c4nc5ccccc5n4-c4ccccc4)cc3)ccc2-n2c(-c3ccccc3)nc3cccc1c32. The fourth-order valence-electron chi connectivity index (χ4n) is 7.44. The van der Waals surface area contributed by atoms with Crippen molar-refractivity contribution in [1.82, 2.24) is 19.1 Å². The van der Waals surface area contributed by atoms with E-state index in [2.05, 4.69) is 106 Å². The summed E-state index contributed by atoms with van der Waals surface area (Å²) in [6.45, 7) is 0. The normalized spacial score (nSPS) is 15.0. The van der Waals surface area contributed by atoms with Crippen LogP contribution in [0.5, 0.6) is 0 Å². The highest BCUT2D eigenvalue weighted by Gasteiger charge is 2.40. The maximum Gasteiger partial charge on any atom is 0.175 e. The van der Waals surface area contributed by atoms with Crippen LogP contribution in [0.1, 0.15) is 0 Å². The molecule has 0 saturated heterocycles. The Morgan fingerprint density at radius 1 is 0.440 bits per heavy atom. The van der Waals surface area contributed by atoms with Crippen LogP contribution < -0.4 is 15.9 Å². The molecule has 0 fully saturated rings. The van der Waals surface area contributed by atoms with Crippen LogP contribution in [0.3, 0.4) is 0 Å². The molecule has 0 radical (unpaired) electrons. The second-order valence-electron chi connectivity index (χ2n) is 12.6. The zero-order valence-corrected chi connectivity index (χ0v) is 27.8. The molecule has 236 valence electrons. The molecule has 1 atom stereocenters. The fraction of sp³-hybridized carbons (Fsp3) is 0. The maximum absolute atomic E-state index is 15.8. The summed E-state index contributed by atoms with van der Waals surface area (Å²) in [5, 5.41) is 2.44. The van der Waals surface area contributed by atoms with Gasteiger partial charge in [0.25, 0.3) is 0 Å². The lowest BCUT2D eigenvalue weighted by molar-refractivity contribution is 0.592. The zero-order valence-electron chi connectivity index (χ0n) is 26.9. The van der Waals surface area contributed by atoms with Crippen molar-refractivity contribution >= 4 is 45.1 Å². The Hall–Kier alpha value is -6.29. The lowest BCUT2D eigenvalue weighted by atomic mass is 10.0. The summed E-state index contributed by atoms with van der Waals surface area (Å²) in [6, 6.07) is 59.7. The summed E-state index contributed by atoms with van der Waals surface area (Å²) in [4.78, 5) is 10.2. The number of hydrogen-bond acceptors (Lipinski definition) is 3. The van der Waals surface area contributed by atoms with Gasteiger partial charge in [0.2, 0.25) is 0 Å². The Morgan fingerprint density at radius 3 is 1.80 bits per heavy atom. The summed E-state index contributed by atoms with van der Waals surface area (Å²) < 4.78 is 20.3. The average molecular weight is 661 g/mol. The van der Waals surface area contributed by atoms with Crippen LogP contribution in [0.25, 0.3) is 67.3 Å². The molecule has 6 heteroatoms. The van der Waals surface area contributed by atoms with Crippen LogP contribution in [0.4, 0.5) is 0 Å². The molecule has 3 heterocycles. The Labute approximate surface area is 289 Å². The summed E-state index contributed by atoms with van der Waals surface area (Å²) >= 11 is 0. The van der Waals surface area contributed by atoms with Crippen molar-refractivity contribution in [2.24, 2.45) is 0 Å². The van der Waals surface area contributed by atoms with Crippen LogP contribution in [0.15, 0.2) is 176 Å². The largest absolute Gasteiger partial charge is 0.308 e. The molecule has 0 spiro atoms. The second kappa shape index (κ2) is 11.1. The molecule has 0 saturated carbocycles. The average Bonchev–Trinajstić information content (AvgIpc) is 3.78. The lowest BCUT2D eigenvalue weighted by Gasteiger charge is -2.29. The molecular formula is C44H29N4OP. The standard InChI is InChI=1S/C44H29N4OP/c49-50(35-17-8-3-9-18-35)40-22-12-20-37-42(40)48(44(46-37)31-13-4-1-5-14-31)39-28-27-33(29-41(39)50)30-23-25-32(26-24-30)43-45-36-19-10-11-21-38(36)47(43)34-15-6-2-7-16-34/h1-29H. The van der Waals surface area contributed by atoms with E-state index in [-0.39, 0.29) is 0 Å². The van der Waals surface area contributed by atoms with Gasteiger partial charge in [-0.25, -0.2) is 9.97 Å². The summed E-state index contributed by atoms with van der Waals surface area (Å²) in [5.41, 5.74) is 9.79. The smallest absolute Gasteiger partial charge is 0.175 e. The van der Waals surface area contributed by atoms with Gasteiger partial charge < -0.3 is 4.57 Å². The van der Waals surface area contributed by atoms with Gasteiger partial charge >= 0.3 is 0 Å². The molecule has 0 N–H and O–H groups in total. The third kappa shape index (κ3) is 4.24. The molecule has 2 aromatic heterocycles. The van der Waals surface area contributed by atoms with Crippen molar-refractivity contribution in [3.05, 3.63) is 176 Å². The molecule has 0 aliphatic carbocycles. The Kier molecular flexibility index (Phi) is 6.39. The molecule has 1 aliphatic heterocycles. The molecule has 1 aliphatic rings. The van der Waals surface area contributed by atoms with E-state index in [0.29, 0.717) is 0 Å². The highest BCUT2D eigenvalue weighted by molar-refractivity contribution is 7.86. The molecule has 9 aromatic rings. The van der Waals surface area contributed by atoms with Gasteiger partial charge in [-0.05, 0) is 59.7 Å². The molecule has 1 unspecified atom stereocenters.